The second-order valence-electron chi connectivity index (χ2n) is 4.15. The van der Waals surface area contributed by atoms with Gasteiger partial charge in [-0.1, -0.05) is 6.92 Å². The largest absolute Gasteiger partial charge is 0.493 e. The van der Waals surface area contributed by atoms with Crippen molar-refractivity contribution in [1.82, 2.24) is 9.38 Å². The minimum absolute atomic E-state index is 0.588. The second-order valence-corrected chi connectivity index (χ2v) is 4.15. The highest BCUT2D eigenvalue weighted by Crippen LogP contribution is 2.34. The maximum absolute atomic E-state index is 5.32. The number of imidazole rings is 1. The van der Waals surface area contributed by atoms with Crippen LogP contribution >= 0.6 is 0 Å². The van der Waals surface area contributed by atoms with Gasteiger partial charge in [-0.05, 0) is 25.0 Å². The Balaban J connectivity index is 2.33. The molecule has 3 rings (SSSR count). The highest BCUT2D eigenvalue weighted by atomic mass is 16.5. The van der Waals surface area contributed by atoms with Crippen LogP contribution < -0.4 is 4.74 Å². The third kappa shape index (κ3) is 1.09. The van der Waals surface area contributed by atoms with Gasteiger partial charge in [-0.15, -0.1) is 0 Å². The van der Waals surface area contributed by atoms with Crippen LogP contribution in [0.5, 0.6) is 5.75 Å². The minimum Gasteiger partial charge on any atom is -0.493 e. The Morgan fingerprint density at radius 3 is 3.20 bits per heavy atom. The van der Waals surface area contributed by atoms with Crippen LogP contribution in [-0.2, 0) is 6.42 Å². The van der Waals surface area contributed by atoms with Crippen molar-refractivity contribution < 1.29 is 4.74 Å². The number of pyridine rings is 1. The molecule has 0 saturated heterocycles. The molecule has 78 valence electrons. The summed E-state index contributed by atoms with van der Waals surface area (Å²) in [5.74, 6) is 1.45. The fraction of sp³-hybridized carbons (Fsp3) is 0.417. The summed E-state index contributed by atoms with van der Waals surface area (Å²) in [4.78, 5) is 4.68. The van der Waals surface area contributed by atoms with Crippen molar-refractivity contribution in [3.05, 3.63) is 29.7 Å². The van der Waals surface area contributed by atoms with Crippen molar-refractivity contribution in [2.45, 2.75) is 25.7 Å². The average molecular weight is 202 g/mol. The standard InChI is InChI=1S/C12H14N2O/c1-8-5-6-9-11(8)13-12-10(15-2)4-3-7-14(9)12/h3-4,7-8H,5-6H2,1-2H3. The zero-order valence-electron chi connectivity index (χ0n) is 9.03. The number of aryl methyl sites for hydroxylation is 1. The molecule has 0 saturated carbocycles. The molecule has 0 N–H and O–H groups in total. The van der Waals surface area contributed by atoms with Crippen molar-refractivity contribution in [3.8, 4) is 5.75 Å². The lowest BCUT2D eigenvalue weighted by Gasteiger charge is -2.03. The van der Waals surface area contributed by atoms with Crippen molar-refractivity contribution in [1.29, 1.82) is 0 Å². The summed E-state index contributed by atoms with van der Waals surface area (Å²) in [5, 5.41) is 0. The number of hydrogen-bond acceptors (Lipinski definition) is 2. The molecule has 15 heavy (non-hydrogen) atoms. The zero-order chi connectivity index (χ0) is 10.4. The van der Waals surface area contributed by atoms with Crippen LogP contribution in [0.1, 0.15) is 30.7 Å². The minimum atomic E-state index is 0.588. The molecule has 0 aromatic carbocycles. The number of aromatic nitrogens is 2. The number of methoxy groups -OCH3 is 1. The van der Waals surface area contributed by atoms with Gasteiger partial charge in [0, 0.05) is 17.8 Å². The van der Waals surface area contributed by atoms with Gasteiger partial charge in [0.05, 0.1) is 12.8 Å². The molecule has 0 bridgehead atoms. The monoisotopic (exact) mass is 202 g/mol. The first-order valence-corrected chi connectivity index (χ1v) is 5.35. The number of ether oxygens (including phenoxy) is 1. The lowest BCUT2D eigenvalue weighted by atomic mass is 10.1. The first-order valence-electron chi connectivity index (χ1n) is 5.35. The van der Waals surface area contributed by atoms with Crippen molar-refractivity contribution in [3.63, 3.8) is 0 Å². The number of nitrogens with zero attached hydrogens (tertiary/aromatic N) is 2. The molecule has 0 aliphatic heterocycles. The second kappa shape index (κ2) is 2.99. The van der Waals surface area contributed by atoms with E-state index < -0.39 is 0 Å². The quantitative estimate of drug-likeness (QED) is 0.709. The Hall–Kier alpha value is -1.51. The fourth-order valence-electron chi connectivity index (χ4n) is 2.40. The normalized spacial score (nSPS) is 19.5. The van der Waals surface area contributed by atoms with E-state index in [9.17, 15) is 0 Å². The van der Waals surface area contributed by atoms with Crippen LogP contribution in [0, 0.1) is 0 Å². The molecule has 0 amide bonds. The molecule has 3 nitrogen and oxygen atoms in total. The van der Waals surface area contributed by atoms with Crippen molar-refractivity contribution in [2.24, 2.45) is 0 Å². The summed E-state index contributed by atoms with van der Waals surface area (Å²) in [5.41, 5.74) is 3.56. The lowest BCUT2D eigenvalue weighted by Crippen LogP contribution is -1.93. The fourth-order valence-corrected chi connectivity index (χ4v) is 2.40. The molecular formula is C12H14N2O. The van der Waals surface area contributed by atoms with E-state index in [1.165, 1.54) is 17.8 Å². The van der Waals surface area contributed by atoms with Crippen molar-refractivity contribution >= 4 is 5.65 Å². The van der Waals surface area contributed by atoms with Gasteiger partial charge in [0.25, 0.3) is 0 Å². The zero-order valence-corrected chi connectivity index (χ0v) is 9.03. The molecule has 2 aromatic rings. The summed E-state index contributed by atoms with van der Waals surface area (Å²) in [7, 11) is 1.69. The SMILES string of the molecule is COc1cccn2c3c(nc12)C(C)CC3. The van der Waals surface area contributed by atoms with Gasteiger partial charge in [-0.2, -0.15) is 0 Å². The first-order chi connectivity index (χ1) is 7.31. The summed E-state index contributed by atoms with van der Waals surface area (Å²) in [6, 6.07) is 3.97. The van der Waals surface area contributed by atoms with Crippen LogP contribution in [-0.4, -0.2) is 16.5 Å². The third-order valence-corrected chi connectivity index (χ3v) is 3.24. The lowest BCUT2D eigenvalue weighted by molar-refractivity contribution is 0.416. The molecule has 1 aliphatic carbocycles. The van der Waals surface area contributed by atoms with E-state index in [0.29, 0.717) is 5.92 Å². The van der Waals surface area contributed by atoms with Crippen LogP contribution in [0.3, 0.4) is 0 Å². The van der Waals surface area contributed by atoms with E-state index in [4.69, 9.17) is 4.74 Å². The number of rotatable bonds is 1. The summed E-state index contributed by atoms with van der Waals surface area (Å²) in [6.07, 6.45) is 4.42. The smallest absolute Gasteiger partial charge is 0.180 e. The van der Waals surface area contributed by atoms with E-state index in [0.717, 1.165) is 17.8 Å². The Bertz CT molecular complexity index is 516. The van der Waals surface area contributed by atoms with Crippen LogP contribution in [0.15, 0.2) is 18.3 Å². The van der Waals surface area contributed by atoms with Gasteiger partial charge in [-0.25, -0.2) is 4.98 Å². The number of hydrogen-bond donors (Lipinski definition) is 0. The van der Waals surface area contributed by atoms with Gasteiger partial charge in [0.2, 0.25) is 0 Å². The summed E-state index contributed by atoms with van der Waals surface area (Å²) < 4.78 is 7.48. The Kier molecular flexibility index (Phi) is 1.75. The van der Waals surface area contributed by atoms with E-state index in [1.54, 1.807) is 7.11 Å². The third-order valence-electron chi connectivity index (χ3n) is 3.24. The number of fused-ring (bicyclic) bond motifs is 3. The van der Waals surface area contributed by atoms with E-state index in [2.05, 4.69) is 22.5 Å². The predicted molar refractivity (Wildman–Crippen MR) is 58.5 cm³/mol. The molecule has 3 heteroatoms. The molecular weight excluding hydrogens is 188 g/mol. The maximum Gasteiger partial charge on any atom is 0.180 e. The van der Waals surface area contributed by atoms with Gasteiger partial charge in [0.15, 0.2) is 11.4 Å². The highest BCUT2D eigenvalue weighted by molar-refractivity contribution is 5.57. The maximum atomic E-state index is 5.32. The van der Waals surface area contributed by atoms with E-state index in [1.807, 2.05) is 12.1 Å². The van der Waals surface area contributed by atoms with Gasteiger partial charge in [0.1, 0.15) is 0 Å². The Morgan fingerprint density at radius 2 is 2.40 bits per heavy atom. The molecule has 0 spiro atoms. The molecule has 2 aromatic heterocycles. The van der Waals surface area contributed by atoms with Gasteiger partial charge in [-0.3, -0.25) is 0 Å². The van der Waals surface area contributed by atoms with Crippen LogP contribution in [0.4, 0.5) is 0 Å². The highest BCUT2D eigenvalue weighted by Gasteiger charge is 2.25. The van der Waals surface area contributed by atoms with E-state index in [-0.39, 0.29) is 0 Å². The Morgan fingerprint density at radius 1 is 1.53 bits per heavy atom. The molecule has 1 atom stereocenters. The summed E-state index contributed by atoms with van der Waals surface area (Å²) >= 11 is 0. The molecule has 1 unspecified atom stereocenters. The van der Waals surface area contributed by atoms with Crippen LogP contribution in [0.25, 0.3) is 5.65 Å². The van der Waals surface area contributed by atoms with Gasteiger partial charge >= 0.3 is 0 Å². The topological polar surface area (TPSA) is 26.5 Å². The van der Waals surface area contributed by atoms with Crippen LogP contribution in [0.2, 0.25) is 0 Å². The molecule has 2 heterocycles. The Labute approximate surface area is 88.7 Å². The average Bonchev–Trinajstić information content (AvgIpc) is 2.79. The predicted octanol–water partition coefficient (Wildman–Crippen LogP) is 2.39. The van der Waals surface area contributed by atoms with E-state index >= 15 is 0 Å². The van der Waals surface area contributed by atoms with Crippen molar-refractivity contribution in [2.75, 3.05) is 7.11 Å². The van der Waals surface area contributed by atoms with Gasteiger partial charge < -0.3 is 9.14 Å². The summed E-state index contributed by atoms with van der Waals surface area (Å²) in [6.45, 7) is 2.24. The molecule has 0 fully saturated rings. The molecule has 1 aliphatic rings. The first kappa shape index (κ1) is 8.77. The molecule has 0 radical (unpaired) electrons.